The van der Waals surface area contributed by atoms with Gasteiger partial charge in [-0.3, -0.25) is 9.69 Å². The fourth-order valence-electron chi connectivity index (χ4n) is 2.76. The Balaban J connectivity index is 1.54. The lowest BCUT2D eigenvalue weighted by Gasteiger charge is -2.14. The number of thiocarbonyl (C=S) groups is 1. The predicted octanol–water partition coefficient (Wildman–Crippen LogP) is 6.00. The third kappa shape index (κ3) is 4.00. The SMILES string of the molecule is O=C1C(=Cc2ccc(-c3cccc(Cl)c3)o2)SC(=S)N1Cc1ccccc1. The molecule has 1 aliphatic heterocycles. The van der Waals surface area contributed by atoms with Crippen LogP contribution in [0, 0.1) is 0 Å². The van der Waals surface area contributed by atoms with Crippen LogP contribution in [0.25, 0.3) is 17.4 Å². The molecule has 1 amide bonds. The van der Waals surface area contributed by atoms with Crippen LogP contribution < -0.4 is 0 Å². The first-order chi connectivity index (χ1) is 13.1. The second kappa shape index (κ2) is 7.72. The fraction of sp³-hybridized carbons (Fsp3) is 0.0476. The van der Waals surface area contributed by atoms with Gasteiger partial charge in [-0.1, -0.05) is 78.0 Å². The van der Waals surface area contributed by atoms with Crippen molar-refractivity contribution in [1.82, 2.24) is 4.90 Å². The Bertz CT molecular complexity index is 1040. The van der Waals surface area contributed by atoms with Crippen molar-refractivity contribution in [3.63, 3.8) is 0 Å². The smallest absolute Gasteiger partial charge is 0.266 e. The molecule has 4 rings (SSSR count). The summed E-state index contributed by atoms with van der Waals surface area (Å²) in [6.45, 7) is 0.467. The number of amides is 1. The molecule has 0 saturated carbocycles. The van der Waals surface area contributed by atoms with E-state index in [0.717, 1.165) is 11.1 Å². The van der Waals surface area contributed by atoms with Gasteiger partial charge >= 0.3 is 0 Å². The summed E-state index contributed by atoms with van der Waals surface area (Å²) < 4.78 is 6.41. The average molecular weight is 412 g/mol. The van der Waals surface area contributed by atoms with Crippen LogP contribution >= 0.6 is 35.6 Å². The maximum atomic E-state index is 12.7. The molecule has 1 aliphatic rings. The van der Waals surface area contributed by atoms with Crippen LogP contribution in [0.1, 0.15) is 11.3 Å². The van der Waals surface area contributed by atoms with Crippen LogP contribution in [0.2, 0.25) is 5.02 Å². The molecule has 0 unspecified atom stereocenters. The van der Waals surface area contributed by atoms with Gasteiger partial charge in [0.1, 0.15) is 15.8 Å². The number of hydrogen-bond donors (Lipinski definition) is 0. The normalized spacial score (nSPS) is 15.7. The third-order valence-electron chi connectivity index (χ3n) is 4.07. The highest BCUT2D eigenvalue weighted by Gasteiger charge is 2.32. The molecule has 2 heterocycles. The van der Waals surface area contributed by atoms with E-state index in [1.54, 1.807) is 11.0 Å². The van der Waals surface area contributed by atoms with E-state index in [-0.39, 0.29) is 5.91 Å². The highest BCUT2D eigenvalue weighted by atomic mass is 35.5. The Morgan fingerprint density at radius 2 is 1.89 bits per heavy atom. The lowest BCUT2D eigenvalue weighted by atomic mass is 10.2. The predicted molar refractivity (Wildman–Crippen MR) is 114 cm³/mol. The monoisotopic (exact) mass is 411 g/mol. The quantitative estimate of drug-likeness (QED) is 0.389. The Labute approximate surface area is 171 Å². The van der Waals surface area contributed by atoms with Crippen LogP contribution in [-0.2, 0) is 11.3 Å². The fourth-order valence-corrected chi connectivity index (χ4v) is 4.18. The third-order valence-corrected chi connectivity index (χ3v) is 5.68. The molecular formula is C21H14ClNO2S2. The molecule has 6 heteroatoms. The molecule has 3 aromatic rings. The molecule has 0 spiro atoms. The van der Waals surface area contributed by atoms with E-state index in [9.17, 15) is 4.79 Å². The lowest BCUT2D eigenvalue weighted by molar-refractivity contribution is -0.122. The first-order valence-corrected chi connectivity index (χ1v) is 9.85. The minimum atomic E-state index is -0.102. The van der Waals surface area contributed by atoms with E-state index in [4.69, 9.17) is 28.2 Å². The number of halogens is 1. The van der Waals surface area contributed by atoms with Crippen molar-refractivity contribution in [2.75, 3.05) is 0 Å². The van der Waals surface area contributed by atoms with Gasteiger partial charge in [0.15, 0.2) is 0 Å². The van der Waals surface area contributed by atoms with Crippen molar-refractivity contribution in [3.05, 3.63) is 88.0 Å². The van der Waals surface area contributed by atoms with E-state index in [0.29, 0.717) is 32.3 Å². The number of furan rings is 1. The molecule has 1 fully saturated rings. The molecular weight excluding hydrogens is 398 g/mol. The summed E-state index contributed by atoms with van der Waals surface area (Å²) in [5, 5.41) is 0.646. The molecule has 0 aliphatic carbocycles. The Morgan fingerprint density at radius 3 is 2.67 bits per heavy atom. The highest BCUT2D eigenvalue weighted by molar-refractivity contribution is 8.26. The molecule has 1 saturated heterocycles. The number of rotatable bonds is 4. The number of nitrogens with zero attached hydrogens (tertiary/aromatic N) is 1. The summed E-state index contributed by atoms with van der Waals surface area (Å²) >= 11 is 12.7. The van der Waals surface area contributed by atoms with E-state index in [1.165, 1.54) is 11.8 Å². The van der Waals surface area contributed by atoms with Crippen molar-refractivity contribution in [2.24, 2.45) is 0 Å². The van der Waals surface area contributed by atoms with Gasteiger partial charge in [-0.05, 0) is 29.8 Å². The van der Waals surface area contributed by atoms with E-state index in [1.807, 2.05) is 66.7 Å². The molecule has 1 aromatic heterocycles. The van der Waals surface area contributed by atoms with Gasteiger partial charge in [0.2, 0.25) is 0 Å². The Kier molecular flexibility index (Phi) is 5.16. The summed E-state index contributed by atoms with van der Waals surface area (Å²) in [6, 6.07) is 20.9. The first-order valence-electron chi connectivity index (χ1n) is 8.25. The minimum Gasteiger partial charge on any atom is -0.457 e. The Morgan fingerprint density at radius 1 is 1.07 bits per heavy atom. The topological polar surface area (TPSA) is 33.5 Å². The standard InChI is InChI=1S/C21H14ClNO2S2/c22-16-8-4-7-15(11-16)18-10-9-17(25-18)12-19-20(24)23(21(26)27-19)13-14-5-2-1-3-6-14/h1-12H,13H2. The number of carbonyl (C=O) groups is 1. The molecule has 0 atom stereocenters. The van der Waals surface area contributed by atoms with Gasteiger partial charge in [0, 0.05) is 16.7 Å². The van der Waals surface area contributed by atoms with Crippen molar-refractivity contribution in [3.8, 4) is 11.3 Å². The maximum Gasteiger partial charge on any atom is 0.266 e. The van der Waals surface area contributed by atoms with E-state index in [2.05, 4.69) is 0 Å². The molecule has 0 bridgehead atoms. The molecule has 0 radical (unpaired) electrons. The summed E-state index contributed by atoms with van der Waals surface area (Å²) in [7, 11) is 0. The summed E-state index contributed by atoms with van der Waals surface area (Å²) in [6.07, 6.45) is 1.73. The minimum absolute atomic E-state index is 0.102. The van der Waals surface area contributed by atoms with Crippen LogP contribution in [0.5, 0.6) is 0 Å². The zero-order valence-corrected chi connectivity index (χ0v) is 16.5. The molecule has 2 aromatic carbocycles. The summed E-state index contributed by atoms with van der Waals surface area (Å²) in [4.78, 5) is 14.9. The lowest BCUT2D eigenvalue weighted by Crippen LogP contribution is -2.27. The maximum absolute atomic E-state index is 12.7. The summed E-state index contributed by atoms with van der Waals surface area (Å²) in [5.41, 5.74) is 1.93. The highest BCUT2D eigenvalue weighted by Crippen LogP contribution is 2.34. The molecule has 134 valence electrons. The van der Waals surface area contributed by atoms with Crippen molar-refractivity contribution in [2.45, 2.75) is 6.54 Å². The average Bonchev–Trinajstić information content (AvgIpc) is 3.23. The zero-order valence-electron chi connectivity index (χ0n) is 14.1. The van der Waals surface area contributed by atoms with Gasteiger partial charge in [-0.25, -0.2) is 0 Å². The van der Waals surface area contributed by atoms with Crippen molar-refractivity contribution >= 4 is 51.9 Å². The van der Waals surface area contributed by atoms with Crippen LogP contribution in [0.3, 0.4) is 0 Å². The van der Waals surface area contributed by atoms with Gasteiger partial charge < -0.3 is 4.42 Å². The van der Waals surface area contributed by atoms with Gasteiger partial charge in [0.25, 0.3) is 5.91 Å². The molecule has 3 nitrogen and oxygen atoms in total. The van der Waals surface area contributed by atoms with Crippen LogP contribution in [-0.4, -0.2) is 15.1 Å². The van der Waals surface area contributed by atoms with Gasteiger partial charge in [-0.2, -0.15) is 0 Å². The zero-order chi connectivity index (χ0) is 18.8. The van der Waals surface area contributed by atoms with Gasteiger partial charge in [0.05, 0.1) is 11.4 Å². The number of thioether (sulfide) groups is 1. The Hall–Kier alpha value is -2.34. The van der Waals surface area contributed by atoms with E-state index >= 15 is 0 Å². The van der Waals surface area contributed by atoms with Crippen LogP contribution in [0.15, 0.2) is 76.1 Å². The molecule has 0 N–H and O–H groups in total. The second-order valence-corrected chi connectivity index (χ2v) is 8.08. The molecule has 27 heavy (non-hydrogen) atoms. The van der Waals surface area contributed by atoms with Crippen molar-refractivity contribution < 1.29 is 9.21 Å². The second-order valence-electron chi connectivity index (χ2n) is 5.97. The number of carbonyl (C=O) groups excluding carboxylic acids is 1. The first kappa shape index (κ1) is 18.0. The van der Waals surface area contributed by atoms with Gasteiger partial charge in [-0.15, -0.1) is 0 Å². The summed E-state index contributed by atoms with van der Waals surface area (Å²) in [5.74, 6) is 1.20. The number of benzene rings is 2. The largest absolute Gasteiger partial charge is 0.457 e. The van der Waals surface area contributed by atoms with Crippen molar-refractivity contribution in [1.29, 1.82) is 0 Å². The van der Waals surface area contributed by atoms with Crippen LogP contribution in [0.4, 0.5) is 0 Å². The van der Waals surface area contributed by atoms with E-state index < -0.39 is 0 Å². The number of hydrogen-bond acceptors (Lipinski definition) is 4.